The second-order valence-electron chi connectivity index (χ2n) is 6.31. The van der Waals surface area contributed by atoms with Gasteiger partial charge in [0.1, 0.15) is 24.2 Å². The molecule has 2 aliphatic rings. The number of likely N-dealkylation sites (tertiary alicyclic amines) is 1. The van der Waals surface area contributed by atoms with Crippen LogP contribution in [0, 0.1) is 11.8 Å². The topological polar surface area (TPSA) is 76.1 Å². The summed E-state index contributed by atoms with van der Waals surface area (Å²) < 4.78 is 10.9. The van der Waals surface area contributed by atoms with Gasteiger partial charge in [0, 0.05) is 0 Å². The second kappa shape index (κ2) is 7.70. The van der Waals surface area contributed by atoms with Gasteiger partial charge < -0.3 is 14.6 Å². The molecule has 0 radical (unpaired) electrons. The predicted octanol–water partition coefficient (Wildman–Crippen LogP) is 1.78. The molecule has 1 aliphatic carbocycles. The Morgan fingerprint density at radius 1 is 1.04 bits per heavy atom. The Morgan fingerprint density at radius 3 is 2.08 bits per heavy atom. The number of amides is 2. The number of hydrogen-bond donors (Lipinski definition) is 1. The van der Waals surface area contributed by atoms with Crippen molar-refractivity contribution in [3.63, 3.8) is 0 Å². The smallest absolute Gasteiger partial charge is 0.233 e. The van der Waals surface area contributed by atoms with E-state index >= 15 is 0 Å². The lowest BCUT2D eigenvalue weighted by Gasteiger charge is -2.19. The molecule has 1 saturated heterocycles. The first-order valence-corrected chi connectivity index (χ1v) is 8.64. The molecule has 1 N–H and O–H groups in total. The van der Waals surface area contributed by atoms with Crippen LogP contribution in [0.4, 0.5) is 0 Å². The lowest BCUT2D eigenvalue weighted by Crippen LogP contribution is -2.40. The van der Waals surface area contributed by atoms with Gasteiger partial charge >= 0.3 is 0 Å². The molecule has 134 valence electrons. The van der Waals surface area contributed by atoms with Crippen molar-refractivity contribution in [3.8, 4) is 11.5 Å². The van der Waals surface area contributed by atoms with E-state index in [9.17, 15) is 14.7 Å². The van der Waals surface area contributed by atoms with Crippen LogP contribution in [0.2, 0.25) is 0 Å². The van der Waals surface area contributed by atoms with Crippen LogP contribution in [0.3, 0.4) is 0 Å². The molecule has 0 aromatic heterocycles. The van der Waals surface area contributed by atoms with Crippen LogP contribution in [0.5, 0.6) is 11.5 Å². The van der Waals surface area contributed by atoms with Gasteiger partial charge in [-0.25, -0.2) is 0 Å². The third-order valence-corrected chi connectivity index (χ3v) is 4.57. The molecule has 1 aromatic carbocycles. The van der Waals surface area contributed by atoms with Crippen molar-refractivity contribution in [1.82, 2.24) is 4.90 Å². The van der Waals surface area contributed by atoms with Crippen LogP contribution in [0.15, 0.2) is 36.4 Å². The fraction of sp³-hybridized carbons (Fsp3) is 0.474. The lowest BCUT2D eigenvalue weighted by molar-refractivity contribution is -0.141. The third kappa shape index (κ3) is 3.85. The van der Waals surface area contributed by atoms with Gasteiger partial charge in [0.05, 0.1) is 25.0 Å². The van der Waals surface area contributed by atoms with Crippen LogP contribution in [0.25, 0.3) is 0 Å². The van der Waals surface area contributed by atoms with Crippen LogP contribution < -0.4 is 9.47 Å². The number of carbonyl (C=O) groups is 2. The zero-order valence-corrected chi connectivity index (χ0v) is 14.3. The molecule has 25 heavy (non-hydrogen) atoms. The quantitative estimate of drug-likeness (QED) is 0.602. The molecule has 0 saturated carbocycles. The molecule has 1 aromatic rings. The van der Waals surface area contributed by atoms with E-state index in [4.69, 9.17) is 9.47 Å². The largest absolute Gasteiger partial charge is 0.494 e. The number of nitrogens with zero attached hydrogens (tertiary/aromatic N) is 1. The van der Waals surface area contributed by atoms with E-state index in [0.29, 0.717) is 25.2 Å². The lowest BCUT2D eigenvalue weighted by atomic mass is 9.85. The van der Waals surface area contributed by atoms with Gasteiger partial charge in [0.25, 0.3) is 0 Å². The Balaban J connectivity index is 1.51. The van der Waals surface area contributed by atoms with E-state index in [1.165, 1.54) is 4.90 Å². The van der Waals surface area contributed by atoms with E-state index in [1.54, 1.807) is 24.3 Å². The maximum absolute atomic E-state index is 12.4. The maximum Gasteiger partial charge on any atom is 0.233 e. The van der Waals surface area contributed by atoms with Crippen LogP contribution in [-0.2, 0) is 9.59 Å². The molecular formula is C19H23NO5. The van der Waals surface area contributed by atoms with Crippen molar-refractivity contribution in [1.29, 1.82) is 0 Å². The number of fused-ring (bicyclic) bond motifs is 1. The van der Waals surface area contributed by atoms with Gasteiger partial charge in [-0.05, 0) is 44.0 Å². The van der Waals surface area contributed by atoms with Crippen molar-refractivity contribution < 1.29 is 24.2 Å². The summed E-state index contributed by atoms with van der Waals surface area (Å²) in [5.41, 5.74) is 0. The molecule has 1 fully saturated rings. The number of aliphatic hydroxyl groups excluding tert-OH is 1. The van der Waals surface area contributed by atoms with Crippen molar-refractivity contribution in [2.24, 2.45) is 11.8 Å². The molecule has 6 nitrogen and oxygen atoms in total. The number of ether oxygens (including phenoxy) is 2. The molecule has 1 heterocycles. The minimum atomic E-state index is -0.924. The maximum atomic E-state index is 12.4. The fourth-order valence-electron chi connectivity index (χ4n) is 3.30. The molecule has 3 atom stereocenters. The summed E-state index contributed by atoms with van der Waals surface area (Å²) in [4.78, 5) is 25.9. The van der Waals surface area contributed by atoms with Crippen LogP contribution in [0.1, 0.15) is 19.8 Å². The summed E-state index contributed by atoms with van der Waals surface area (Å²) in [5.74, 6) is 0.451. The minimum Gasteiger partial charge on any atom is -0.494 e. The van der Waals surface area contributed by atoms with Crippen molar-refractivity contribution in [2.45, 2.75) is 25.9 Å². The molecule has 6 heteroatoms. The monoisotopic (exact) mass is 345 g/mol. The van der Waals surface area contributed by atoms with Crippen LogP contribution in [-0.4, -0.2) is 47.7 Å². The van der Waals surface area contributed by atoms with Gasteiger partial charge in [0.2, 0.25) is 11.8 Å². The highest BCUT2D eigenvalue weighted by molar-refractivity contribution is 6.05. The van der Waals surface area contributed by atoms with E-state index in [2.05, 4.69) is 0 Å². The average molecular weight is 345 g/mol. The SMILES string of the molecule is CCOc1ccc(OC[C@@H](O)CN2C(=O)[C@H]3CC=CC[C@H]3C2=O)cc1. The summed E-state index contributed by atoms with van der Waals surface area (Å²) >= 11 is 0. The zero-order chi connectivity index (χ0) is 17.8. The normalized spacial score (nSPS) is 23.5. The summed E-state index contributed by atoms with van der Waals surface area (Å²) in [6.45, 7) is 2.49. The highest BCUT2D eigenvalue weighted by Crippen LogP contribution is 2.35. The highest BCUT2D eigenvalue weighted by Gasteiger charge is 2.47. The Hall–Kier alpha value is -2.34. The van der Waals surface area contributed by atoms with Crippen LogP contribution >= 0.6 is 0 Å². The molecule has 2 amide bonds. The molecule has 0 unspecified atom stereocenters. The Bertz CT molecular complexity index is 628. The molecular weight excluding hydrogens is 322 g/mol. The number of carbonyl (C=O) groups excluding carboxylic acids is 2. The Kier molecular flexibility index (Phi) is 5.38. The van der Waals surface area contributed by atoms with Crippen molar-refractivity contribution in [3.05, 3.63) is 36.4 Å². The molecule has 0 bridgehead atoms. The van der Waals surface area contributed by atoms with Gasteiger partial charge in [-0.1, -0.05) is 12.2 Å². The number of rotatable bonds is 7. The fourth-order valence-corrected chi connectivity index (χ4v) is 3.30. The van der Waals surface area contributed by atoms with Crippen molar-refractivity contribution >= 4 is 11.8 Å². The van der Waals surface area contributed by atoms with Gasteiger partial charge in [-0.3, -0.25) is 14.5 Å². The number of hydrogen-bond acceptors (Lipinski definition) is 5. The average Bonchev–Trinajstić information content (AvgIpc) is 2.87. The van der Waals surface area contributed by atoms with E-state index in [-0.39, 0.29) is 36.8 Å². The number of β-amino-alcohol motifs (C(OH)–C–C–N with tert-alkyl or cyclic N) is 1. The van der Waals surface area contributed by atoms with Gasteiger partial charge in [-0.2, -0.15) is 0 Å². The number of allylic oxidation sites excluding steroid dienone is 2. The third-order valence-electron chi connectivity index (χ3n) is 4.57. The Labute approximate surface area is 147 Å². The van der Waals surface area contributed by atoms with Crippen molar-refractivity contribution in [2.75, 3.05) is 19.8 Å². The predicted molar refractivity (Wildman–Crippen MR) is 91.2 cm³/mol. The first-order chi connectivity index (χ1) is 12.1. The molecule has 1 aliphatic heterocycles. The molecule has 3 rings (SSSR count). The zero-order valence-electron chi connectivity index (χ0n) is 14.3. The Morgan fingerprint density at radius 2 is 1.56 bits per heavy atom. The first kappa shape index (κ1) is 17.5. The second-order valence-corrected chi connectivity index (χ2v) is 6.31. The van der Waals surface area contributed by atoms with E-state index < -0.39 is 6.10 Å². The number of imide groups is 1. The standard InChI is InChI=1S/C19H23NO5/c1-2-24-14-7-9-15(10-8-14)25-12-13(21)11-20-18(22)16-5-3-4-6-17(16)19(20)23/h3-4,7-10,13,16-17,21H,2,5-6,11-12H2,1H3/t13-,16-,17+/m0/s1. The minimum absolute atomic E-state index is 0.0125. The van der Waals surface area contributed by atoms with E-state index in [0.717, 1.165) is 5.75 Å². The highest BCUT2D eigenvalue weighted by atomic mass is 16.5. The summed E-state index contributed by atoms with van der Waals surface area (Å²) in [7, 11) is 0. The van der Waals surface area contributed by atoms with Gasteiger partial charge in [-0.15, -0.1) is 0 Å². The van der Waals surface area contributed by atoms with Gasteiger partial charge in [0.15, 0.2) is 0 Å². The summed E-state index contributed by atoms with van der Waals surface area (Å²) in [6.07, 6.45) is 4.17. The summed E-state index contributed by atoms with van der Waals surface area (Å²) in [5, 5.41) is 10.2. The number of benzene rings is 1. The number of aliphatic hydroxyl groups is 1. The first-order valence-electron chi connectivity index (χ1n) is 8.64. The molecule has 0 spiro atoms. The van der Waals surface area contributed by atoms with E-state index in [1.807, 2.05) is 19.1 Å². The summed E-state index contributed by atoms with van der Waals surface area (Å²) in [6, 6.07) is 7.08.